The number of anilines is 1. The van der Waals surface area contributed by atoms with Gasteiger partial charge in [0.1, 0.15) is 10.6 Å². The third kappa shape index (κ3) is 3.85. The second-order valence-corrected chi connectivity index (χ2v) is 9.98. The minimum atomic E-state index is -0.752. The molecule has 0 saturated heterocycles. The fraction of sp³-hybridized carbons (Fsp3) is 0.308. The molecule has 0 N–H and O–H groups in total. The van der Waals surface area contributed by atoms with Gasteiger partial charge in [-0.1, -0.05) is 42.9 Å². The monoisotopic (exact) mass is 491 g/mol. The van der Waals surface area contributed by atoms with Crippen LogP contribution >= 0.6 is 11.3 Å². The molecule has 0 unspecified atom stereocenters. The summed E-state index contributed by atoms with van der Waals surface area (Å²) in [4.78, 5) is 29.0. The molecule has 3 heterocycles. The number of carbonyl (C=O) groups excluding carboxylic acids is 1. The third-order valence-electron chi connectivity index (χ3n) is 5.99. The molecule has 1 amide bonds. The lowest BCUT2D eigenvalue weighted by molar-refractivity contribution is 0.0970. The van der Waals surface area contributed by atoms with Crippen molar-refractivity contribution >= 4 is 33.3 Å². The molecule has 1 aliphatic heterocycles. The molecule has 5 rings (SSSR count). The highest BCUT2D eigenvalue weighted by atomic mass is 32.1. The number of aromatic nitrogens is 2. The maximum atomic E-state index is 13.8. The summed E-state index contributed by atoms with van der Waals surface area (Å²) >= 11 is 1.34. The summed E-state index contributed by atoms with van der Waals surface area (Å²) < 4.78 is 16.9. The van der Waals surface area contributed by atoms with E-state index in [0.717, 1.165) is 17.0 Å². The Morgan fingerprint density at radius 1 is 1.06 bits per heavy atom. The van der Waals surface area contributed by atoms with Gasteiger partial charge in [0.2, 0.25) is 10.9 Å². The summed E-state index contributed by atoms with van der Waals surface area (Å²) in [5, 5.41) is 10.3. The van der Waals surface area contributed by atoms with E-state index in [2.05, 4.69) is 24.0 Å². The number of hydrogen-bond acceptors (Lipinski definition) is 8. The third-order valence-corrected chi connectivity index (χ3v) is 6.94. The van der Waals surface area contributed by atoms with Crippen LogP contribution in [0.3, 0.4) is 0 Å². The van der Waals surface area contributed by atoms with E-state index in [4.69, 9.17) is 13.9 Å². The van der Waals surface area contributed by atoms with Gasteiger partial charge >= 0.3 is 0 Å². The van der Waals surface area contributed by atoms with E-state index in [1.165, 1.54) is 16.2 Å². The molecule has 2 aromatic carbocycles. The number of benzene rings is 2. The van der Waals surface area contributed by atoms with Crippen molar-refractivity contribution in [3.05, 3.63) is 74.1 Å². The van der Waals surface area contributed by atoms with Crippen molar-refractivity contribution < 1.29 is 18.7 Å². The molecule has 35 heavy (non-hydrogen) atoms. The van der Waals surface area contributed by atoms with Crippen LogP contribution < -0.4 is 19.8 Å². The number of carbonyl (C=O) groups is 1. The largest absolute Gasteiger partial charge is 0.493 e. The topological polar surface area (TPSA) is 94.8 Å². The van der Waals surface area contributed by atoms with Crippen molar-refractivity contribution in [3.63, 3.8) is 0 Å². The normalized spacial score (nSPS) is 15.2. The summed E-state index contributed by atoms with van der Waals surface area (Å²) in [5.74, 6) is 1.02. The molecule has 0 bridgehead atoms. The van der Waals surface area contributed by atoms with E-state index in [-0.39, 0.29) is 16.8 Å². The molecule has 2 aromatic heterocycles. The number of methoxy groups -OCH3 is 2. The van der Waals surface area contributed by atoms with Crippen molar-refractivity contribution in [2.45, 2.75) is 33.2 Å². The van der Waals surface area contributed by atoms with Gasteiger partial charge < -0.3 is 13.9 Å². The van der Waals surface area contributed by atoms with Crippen LogP contribution in [-0.4, -0.2) is 30.3 Å². The van der Waals surface area contributed by atoms with E-state index < -0.39 is 11.9 Å². The molecule has 8 nitrogen and oxygen atoms in total. The van der Waals surface area contributed by atoms with Gasteiger partial charge in [0.15, 0.2) is 16.9 Å². The van der Waals surface area contributed by atoms with Crippen molar-refractivity contribution in [2.75, 3.05) is 19.1 Å². The smallest absolute Gasteiger partial charge is 0.297 e. The number of ether oxygens (including phenoxy) is 2. The van der Waals surface area contributed by atoms with E-state index >= 15 is 0 Å². The molecule has 0 saturated carbocycles. The summed E-state index contributed by atoms with van der Waals surface area (Å²) in [5.41, 5.74) is 2.01. The zero-order chi connectivity index (χ0) is 24.9. The lowest BCUT2D eigenvalue weighted by Gasteiger charge is -2.23. The Kier molecular flexibility index (Phi) is 5.80. The highest BCUT2D eigenvalue weighted by Crippen LogP contribution is 2.44. The number of aryl methyl sites for hydroxylation is 1. The number of amides is 1. The van der Waals surface area contributed by atoms with Crippen molar-refractivity contribution in [3.8, 4) is 11.5 Å². The van der Waals surface area contributed by atoms with Gasteiger partial charge in [-0.05, 0) is 42.7 Å². The maximum Gasteiger partial charge on any atom is 0.297 e. The summed E-state index contributed by atoms with van der Waals surface area (Å²) in [6.07, 6.45) is 0.744. The second kappa shape index (κ2) is 8.81. The van der Waals surface area contributed by atoms with Crippen LogP contribution in [-0.2, 0) is 6.42 Å². The highest BCUT2D eigenvalue weighted by Gasteiger charge is 2.45. The molecule has 0 spiro atoms. The van der Waals surface area contributed by atoms with Gasteiger partial charge in [-0.25, -0.2) is 0 Å². The first-order chi connectivity index (χ1) is 16.8. The fourth-order valence-corrected chi connectivity index (χ4v) is 5.47. The minimum absolute atomic E-state index is 0.0201. The second-order valence-electron chi connectivity index (χ2n) is 8.94. The van der Waals surface area contributed by atoms with Crippen LogP contribution in [0.25, 0.3) is 11.0 Å². The van der Waals surface area contributed by atoms with Crippen LogP contribution in [0.1, 0.15) is 52.1 Å². The van der Waals surface area contributed by atoms with Gasteiger partial charge in [0.25, 0.3) is 5.91 Å². The zero-order valence-electron chi connectivity index (χ0n) is 20.1. The quantitative estimate of drug-likeness (QED) is 0.378. The first kappa shape index (κ1) is 23.0. The molecule has 9 heteroatoms. The fourth-order valence-electron chi connectivity index (χ4n) is 4.40. The molecule has 1 atom stereocenters. The molecule has 0 aliphatic carbocycles. The Morgan fingerprint density at radius 2 is 1.83 bits per heavy atom. The van der Waals surface area contributed by atoms with E-state index in [1.807, 2.05) is 19.1 Å². The van der Waals surface area contributed by atoms with Crippen LogP contribution in [0.5, 0.6) is 11.5 Å². The predicted molar refractivity (Wildman–Crippen MR) is 134 cm³/mol. The average Bonchev–Trinajstić information content (AvgIpc) is 3.40. The predicted octanol–water partition coefficient (Wildman–Crippen LogP) is 4.92. The first-order valence-corrected chi connectivity index (χ1v) is 12.1. The lowest BCUT2D eigenvalue weighted by atomic mass is 9.98. The van der Waals surface area contributed by atoms with Crippen LogP contribution in [0.2, 0.25) is 0 Å². The molecule has 0 fully saturated rings. The number of hydrogen-bond donors (Lipinski definition) is 0. The van der Waals surface area contributed by atoms with Gasteiger partial charge in [-0.3, -0.25) is 14.5 Å². The summed E-state index contributed by atoms with van der Waals surface area (Å²) in [7, 11) is 3.10. The first-order valence-electron chi connectivity index (χ1n) is 11.3. The molecule has 0 radical (unpaired) electrons. The zero-order valence-corrected chi connectivity index (χ0v) is 20.9. The van der Waals surface area contributed by atoms with Crippen LogP contribution in [0, 0.1) is 12.8 Å². The van der Waals surface area contributed by atoms with Gasteiger partial charge in [-0.2, -0.15) is 0 Å². The van der Waals surface area contributed by atoms with Gasteiger partial charge in [0, 0.05) is 6.42 Å². The Bertz CT molecular complexity index is 1510. The van der Waals surface area contributed by atoms with E-state index in [9.17, 15) is 9.59 Å². The van der Waals surface area contributed by atoms with E-state index in [0.29, 0.717) is 39.1 Å². The van der Waals surface area contributed by atoms with Gasteiger partial charge in [-0.15, -0.1) is 10.2 Å². The average molecular weight is 492 g/mol. The number of nitrogens with zero attached hydrogens (tertiary/aromatic N) is 3. The SMILES string of the molecule is COc1ccc([C@@H]2c3c(oc4ccc(C)cc4c3=O)C(=O)N2c2nnc(CC(C)C)s2)cc1OC. The van der Waals surface area contributed by atoms with Crippen LogP contribution in [0.15, 0.2) is 45.6 Å². The summed E-state index contributed by atoms with van der Waals surface area (Å²) in [6.45, 7) is 6.11. The summed E-state index contributed by atoms with van der Waals surface area (Å²) in [6, 6.07) is 9.95. The van der Waals surface area contributed by atoms with Crippen LogP contribution in [0.4, 0.5) is 5.13 Å². The lowest BCUT2D eigenvalue weighted by Crippen LogP contribution is -2.29. The Labute approximate surface area is 206 Å². The minimum Gasteiger partial charge on any atom is -0.493 e. The van der Waals surface area contributed by atoms with Crippen molar-refractivity contribution in [1.82, 2.24) is 10.2 Å². The van der Waals surface area contributed by atoms with E-state index in [1.54, 1.807) is 38.5 Å². The Morgan fingerprint density at radius 3 is 2.54 bits per heavy atom. The van der Waals surface area contributed by atoms with Gasteiger partial charge in [0.05, 0.1) is 31.2 Å². The Hall–Kier alpha value is -3.72. The molecule has 4 aromatic rings. The number of fused-ring (bicyclic) bond motifs is 2. The van der Waals surface area contributed by atoms with Crippen molar-refractivity contribution in [2.24, 2.45) is 5.92 Å². The Balaban J connectivity index is 1.75. The molecule has 180 valence electrons. The number of rotatable bonds is 6. The molecular formula is C26H25N3O5S. The highest BCUT2D eigenvalue weighted by molar-refractivity contribution is 7.15. The maximum absolute atomic E-state index is 13.8. The van der Waals surface area contributed by atoms with Crippen molar-refractivity contribution in [1.29, 1.82) is 0 Å². The molecular weight excluding hydrogens is 466 g/mol. The molecule has 1 aliphatic rings. The standard InChI is InChI=1S/C26H25N3O5S/c1-13(2)10-20-27-28-26(35-20)29-22(15-7-9-18(32-4)19(12-15)33-5)21-23(30)16-11-14(3)6-8-17(16)34-24(21)25(29)31/h6-9,11-13,22H,10H2,1-5H3/t22-/m1/s1.